The third-order valence-corrected chi connectivity index (χ3v) is 12.0. The molecule has 1 aromatic rings. The van der Waals surface area contributed by atoms with Crippen LogP contribution in [0, 0.1) is 0 Å². The smallest absolute Gasteiger partial charge is 0.312 e. The number of methoxy groups -OCH3 is 2. The van der Waals surface area contributed by atoms with Crippen LogP contribution in [-0.2, 0) is 19.1 Å². The second kappa shape index (κ2) is 8.84. The first-order valence-corrected chi connectivity index (χ1v) is 12.8. The summed E-state index contributed by atoms with van der Waals surface area (Å²) in [6.07, 6.45) is 0. The van der Waals surface area contributed by atoms with Gasteiger partial charge in [0, 0.05) is 9.79 Å². The van der Waals surface area contributed by atoms with E-state index in [1.807, 2.05) is 26.0 Å². The van der Waals surface area contributed by atoms with Gasteiger partial charge < -0.3 is 9.47 Å². The number of carbonyl (C=O) groups excluding carboxylic acids is 2. The fraction of sp³-hybridized carbons (Fsp3) is 0.429. The number of ether oxygens (including phenoxy) is 2. The summed E-state index contributed by atoms with van der Waals surface area (Å²) in [7, 11) is 11.1. The van der Waals surface area contributed by atoms with Crippen molar-refractivity contribution >= 4 is 63.0 Å². The molecule has 2 atom stereocenters. The van der Waals surface area contributed by atoms with E-state index in [2.05, 4.69) is 0 Å². The lowest BCUT2D eigenvalue weighted by Crippen LogP contribution is -2.15. The monoisotopic (exact) mass is 408 g/mol. The highest BCUT2D eigenvalue weighted by atomic mass is 33.8. The van der Waals surface area contributed by atoms with E-state index in [0.29, 0.717) is 0 Å². The Morgan fingerprint density at radius 1 is 0.913 bits per heavy atom. The zero-order valence-electron chi connectivity index (χ0n) is 13.0. The van der Waals surface area contributed by atoms with E-state index >= 15 is 0 Å². The highest BCUT2D eigenvalue weighted by Gasteiger charge is 2.27. The van der Waals surface area contributed by atoms with Crippen LogP contribution in [-0.4, -0.2) is 26.2 Å². The van der Waals surface area contributed by atoms with E-state index in [9.17, 15) is 9.59 Å². The molecule has 4 nitrogen and oxygen atoms in total. The molecule has 0 aliphatic carbocycles. The Hall–Kier alpha value is -0.0900. The van der Waals surface area contributed by atoms with Gasteiger partial charge in [-0.1, -0.05) is 6.07 Å². The zero-order chi connectivity index (χ0) is 17.0. The Kier molecular flexibility index (Phi) is 7.40. The molecule has 0 fully saturated rings. The number of fused-ring (bicyclic) bond motifs is 1. The number of esters is 2. The molecule has 1 aliphatic rings. The molecule has 1 heterocycles. The van der Waals surface area contributed by atoms with Gasteiger partial charge in [0.2, 0.25) is 0 Å². The summed E-state index contributed by atoms with van der Waals surface area (Å²) in [4.78, 5) is 26.0. The fourth-order valence-corrected chi connectivity index (χ4v) is 11.3. The quantitative estimate of drug-likeness (QED) is 0.488. The van der Waals surface area contributed by atoms with E-state index in [1.54, 1.807) is 51.1 Å². The number of carbonyl (C=O) groups is 2. The standard InChI is InChI=1S/C14H16O4S5/c1-7(13(15)17-3)9-5-10(8(2)14(16)18-4)12-11(6-9)19-21-23-22-20-12/h5-8H,1-4H3. The molecule has 2 unspecified atom stereocenters. The Balaban J connectivity index is 2.53. The van der Waals surface area contributed by atoms with Crippen molar-refractivity contribution in [2.75, 3.05) is 14.2 Å². The van der Waals surface area contributed by atoms with Crippen LogP contribution >= 0.6 is 51.1 Å². The summed E-state index contributed by atoms with van der Waals surface area (Å²) < 4.78 is 9.74. The first kappa shape index (κ1) is 19.2. The molecule has 0 N–H and O–H groups in total. The van der Waals surface area contributed by atoms with Crippen LogP contribution in [0.4, 0.5) is 0 Å². The van der Waals surface area contributed by atoms with E-state index in [0.717, 1.165) is 20.9 Å². The molecule has 0 amide bonds. The summed E-state index contributed by atoms with van der Waals surface area (Å²) in [5, 5.41) is 0. The predicted molar refractivity (Wildman–Crippen MR) is 102 cm³/mol. The van der Waals surface area contributed by atoms with Crippen LogP contribution in [0.3, 0.4) is 0 Å². The molecule has 0 bridgehead atoms. The molecule has 126 valence electrons. The molecule has 0 aromatic heterocycles. The lowest BCUT2D eigenvalue weighted by Gasteiger charge is -2.19. The SMILES string of the molecule is COC(=O)C(C)c1cc2c(c(C(C)C(=O)OC)c1)SSSSS2. The summed E-state index contributed by atoms with van der Waals surface area (Å²) >= 11 is 0. The lowest BCUT2D eigenvalue weighted by atomic mass is 9.94. The van der Waals surface area contributed by atoms with E-state index in [1.165, 1.54) is 14.2 Å². The molecule has 9 heteroatoms. The summed E-state index contributed by atoms with van der Waals surface area (Å²) in [5.41, 5.74) is 1.75. The van der Waals surface area contributed by atoms with Gasteiger partial charge in [-0.3, -0.25) is 9.59 Å². The molecule has 1 aromatic carbocycles. The second-order valence-electron chi connectivity index (χ2n) is 4.80. The van der Waals surface area contributed by atoms with Crippen LogP contribution in [0.2, 0.25) is 0 Å². The Bertz CT molecular complexity index is 607. The molecular weight excluding hydrogens is 392 g/mol. The highest BCUT2D eigenvalue weighted by Crippen LogP contribution is 2.60. The summed E-state index contributed by atoms with van der Waals surface area (Å²) in [6.45, 7) is 3.64. The van der Waals surface area contributed by atoms with Gasteiger partial charge in [0.05, 0.1) is 26.1 Å². The van der Waals surface area contributed by atoms with E-state index in [-0.39, 0.29) is 23.8 Å². The van der Waals surface area contributed by atoms with Gasteiger partial charge in [-0.15, -0.1) is 0 Å². The average Bonchev–Trinajstić information content (AvgIpc) is 2.83. The summed E-state index contributed by atoms with van der Waals surface area (Å²) in [5.74, 6) is -1.34. The average molecular weight is 409 g/mol. The minimum Gasteiger partial charge on any atom is -0.469 e. The van der Waals surface area contributed by atoms with E-state index < -0.39 is 0 Å². The maximum atomic E-state index is 12.0. The number of hydrogen-bond acceptors (Lipinski definition) is 9. The zero-order valence-corrected chi connectivity index (χ0v) is 17.1. The molecule has 0 radical (unpaired) electrons. The van der Waals surface area contributed by atoms with Crippen LogP contribution in [0.15, 0.2) is 21.9 Å². The molecule has 2 rings (SSSR count). The first-order valence-electron chi connectivity index (χ1n) is 6.67. The normalized spacial score (nSPS) is 16.7. The largest absolute Gasteiger partial charge is 0.469 e. The van der Waals surface area contributed by atoms with Gasteiger partial charge in [-0.2, -0.15) is 0 Å². The molecule has 0 saturated carbocycles. The Morgan fingerprint density at radius 3 is 2.17 bits per heavy atom. The molecule has 0 saturated heterocycles. The highest BCUT2D eigenvalue weighted by molar-refractivity contribution is 9.36. The molecular formula is C14H16O4S5. The third-order valence-electron chi connectivity index (χ3n) is 3.48. The van der Waals surface area contributed by atoms with Crippen molar-refractivity contribution in [2.24, 2.45) is 0 Å². The maximum absolute atomic E-state index is 12.0. The van der Waals surface area contributed by atoms with Crippen molar-refractivity contribution in [1.29, 1.82) is 0 Å². The number of benzene rings is 1. The van der Waals surface area contributed by atoms with Crippen molar-refractivity contribution in [3.05, 3.63) is 23.3 Å². The van der Waals surface area contributed by atoms with Gasteiger partial charge in [-0.05, 0) is 82.1 Å². The van der Waals surface area contributed by atoms with Crippen molar-refractivity contribution < 1.29 is 19.1 Å². The first-order chi connectivity index (χ1) is 11.0. The maximum Gasteiger partial charge on any atom is 0.312 e. The van der Waals surface area contributed by atoms with Crippen LogP contribution in [0.5, 0.6) is 0 Å². The van der Waals surface area contributed by atoms with Gasteiger partial charge in [0.1, 0.15) is 0 Å². The topological polar surface area (TPSA) is 52.6 Å². The minimum absolute atomic E-state index is 0.282. The van der Waals surface area contributed by atoms with Crippen molar-refractivity contribution in [3.8, 4) is 0 Å². The van der Waals surface area contributed by atoms with Crippen LogP contribution in [0.1, 0.15) is 36.8 Å². The van der Waals surface area contributed by atoms with Crippen molar-refractivity contribution in [1.82, 2.24) is 0 Å². The van der Waals surface area contributed by atoms with Gasteiger partial charge in [0.25, 0.3) is 0 Å². The van der Waals surface area contributed by atoms with Gasteiger partial charge >= 0.3 is 11.9 Å². The third kappa shape index (κ3) is 4.50. The number of hydrogen-bond donors (Lipinski definition) is 0. The molecule has 1 aliphatic heterocycles. The fourth-order valence-electron chi connectivity index (χ4n) is 2.10. The van der Waals surface area contributed by atoms with Crippen molar-refractivity contribution in [3.63, 3.8) is 0 Å². The second-order valence-corrected chi connectivity index (χ2v) is 12.3. The van der Waals surface area contributed by atoms with Crippen LogP contribution in [0.25, 0.3) is 0 Å². The summed E-state index contributed by atoms with van der Waals surface area (Å²) in [6, 6.07) is 3.94. The van der Waals surface area contributed by atoms with Crippen molar-refractivity contribution in [2.45, 2.75) is 35.5 Å². The van der Waals surface area contributed by atoms with Gasteiger partial charge in [0.15, 0.2) is 0 Å². The van der Waals surface area contributed by atoms with Gasteiger partial charge in [-0.25, -0.2) is 0 Å². The molecule has 23 heavy (non-hydrogen) atoms. The Morgan fingerprint density at radius 2 is 1.52 bits per heavy atom. The lowest BCUT2D eigenvalue weighted by molar-refractivity contribution is -0.142. The molecule has 0 spiro atoms. The van der Waals surface area contributed by atoms with E-state index in [4.69, 9.17) is 9.47 Å². The predicted octanol–water partition coefficient (Wildman–Crippen LogP) is 5.30. The number of rotatable bonds is 4. The minimum atomic E-state index is -0.389. The Labute approximate surface area is 154 Å². The van der Waals surface area contributed by atoms with Crippen LogP contribution < -0.4 is 0 Å².